The van der Waals surface area contributed by atoms with Crippen molar-refractivity contribution in [1.29, 1.82) is 0 Å². The van der Waals surface area contributed by atoms with Gasteiger partial charge in [-0.1, -0.05) is 243 Å². The predicted molar refractivity (Wildman–Crippen MR) is 306 cm³/mol. The lowest BCUT2D eigenvalue weighted by Gasteiger charge is -2.45. The first-order valence-corrected chi connectivity index (χ1v) is 25.3. The highest BCUT2D eigenvalue weighted by Crippen LogP contribution is 2.65. The van der Waals surface area contributed by atoms with Gasteiger partial charge < -0.3 is 9.80 Å². The van der Waals surface area contributed by atoms with Gasteiger partial charge in [0.2, 0.25) is 0 Å². The lowest BCUT2D eigenvalue weighted by molar-refractivity contribution is 0.752. The lowest BCUT2D eigenvalue weighted by Crippen LogP contribution is -2.36. The Hall–Kier alpha value is -9.50. The molecule has 0 aromatic heterocycles. The molecule has 1 aliphatic heterocycles. The number of rotatable bonds is 8. The Kier molecular flexibility index (Phi) is 10.1. The standard InChI is InChI=1S/C71H48N2/c1-3-21-49(22-4-1)50-41-43-51(44-42-50)52-45-47-55(48-46-52)72(66-37-16-12-30-60(66)59-29-10-9-28-58(59)57-32-19-24-53-23-7-8-27-56(53)57)69-40-20-36-65-70(69)61-31-11-13-33-62(61)71(65)63-34-14-17-38-67(63)73(54-25-5-2-6-26-54)68-39-18-15-35-64(68)71/h1-48H. The Bertz CT molecular complexity index is 3970. The summed E-state index contributed by atoms with van der Waals surface area (Å²) in [6, 6.07) is 107. The van der Waals surface area contributed by atoms with Crippen molar-refractivity contribution in [2.24, 2.45) is 0 Å². The van der Waals surface area contributed by atoms with Gasteiger partial charge in [0.05, 0.1) is 28.2 Å². The third-order valence-corrected chi connectivity index (χ3v) is 15.3. The molecule has 0 saturated carbocycles. The molecule has 0 saturated heterocycles. The topological polar surface area (TPSA) is 6.48 Å². The molecular weight excluding hydrogens is 881 g/mol. The molecule has 2 nitrogen and oxygen atoms in total. The van der Waals surface area contributed by atoms with Crippen molar-refractivity contribution in [3.8, 4) is 55.6 Å². The number of para-hydroxylation sites is 4. The summed E-state index contributed by atoms with van der Waals surface area (Å²) in [5, 5.41) is 2.46. The van der Waals surface area contributed by atoms with E-state index in [0.29, 0.717) is 0 Å². The zero-order valence-corrected chi connectivity index (χ0v) is 40.1. The van der Waals surface area contributed by atoms with Crippen LogP contribution in [0.25, 0.3) is 66.4 Å². The molecule has 342 valence electrons. The van der Waals surface area contributed by atoms with Crippen LogP contribution in [-0.4, -0.2) is 0 Å². The molecule has 0 N–H and O–H groups in total. The Morgan fingerprint density at radius 1 is 0.274 bits per heavy atom. The van der Waals surface area contributed by atoms with E-state index in [1.54, 1.807) is 0 Å². The normalized spacial score (nSPS) is 12.7. The molecule has 1 spiro atoms. The summed E-state index contributed by atoms with van der Waals surface area (Å²) in [6.45, 7) is 0. The van der Waals surface area contributed by atoms with Gasteiger partial charge >= 0.3 is 0 Å². The first-order valence-electron chi connectivity index (χ1n) is 25.3. The maximum absolute atomic E-state index is 2.53. The molecule has 0 fully saturated rings. The molecule has 1 aliphatic carbocycles. The van der Waals surface area contributed by atoms with E-state index in [1.807, 2.05) is 0 Å². The Morgan fingerprint density at radius 3 is 1.40 bits per heavy atom. The number of nitrogens with zero attached hydrogens (tertiary/aromatic N) is 2. The van der Waals surface area contributed by atoms with Gasteiger partial charge in [0.1, 0.15) is 0 Å². The van der Waals surface area contributed by atoms with E-state index < -0.39 is 5.41 Å². The van der Waals surface area contributed by atoms with Crippen LogP contribution < -0.4 is 9.80 Å². The zero-order valence-electron chi connectivity index (χ0n) is 40.1. The fourth-order valence-electron chi connectivity index (χ4n) is 12.2. The van der Waals surface area contributed by atoms with Crippen molar-refractivity contribution < 1.29 is 0 Å². The van der Waals surface area contributed by atoms with Gasteiger partial charge in [-0.05, 0) is 126 Å². The number of anilines is 6. The van der Waals surface area contributed by atoms with Gasteiger partial charge in [0, 0.05) is 22.5 Å². The van der Waals surface area contributed by atoms with Crippen LogP contribution in [0.3, 0.4) is 0 Å². The summed E-state index contributed by atoms with van der Waals surface area (Å²) >= 11 is 0. The molecule has 0 bridgehead atoms. The average molecular weight is 929 g/mol. The van der Waals surface area contributed by atoms with E-state index in [1.165, 1.54) is 94.5 Å². The van der Waals surface area contributed by atoms with E-state index in [-0.39, 0.29) is 0 Å². The van der Waals surface area contributed by atoms with Crippen molar-refractivity contribution in [1.82, 2.24) is 0 Å². The monoisotopic (exact) mass is 928 g/mol. The molecule has 0 atom stereocenters. The summed E-state index contributed by atoms with van der Waals surface area (Å²) in [5.41, 5.74) is 23.2. The Balaban J connectivity index is 1.01. The molecule has 0 amide bonds. The third-order valence-electron chi connectivity index (χ3n) is 15.3. The molecular formula is C71H48N2. The van der Waals surface area contributed by atoms with E-state index in [9.17, 15) is 0 Å². The highest BCUT2D eigenvalue weighted by molar-refractivity contribution is 6.05. The van der Waals surface area contributed by atoms with Crippen LogP contribution in [0.5, 0.6) is 0 Å². The zero-order chi connectivity index (χ0) is 48.3. The van der Waals surface area contributed by atoms with Gasteiger partial charge in [0.15, 0.2) is 0 Å². The molecule has 2 heteroatoms. The van der Waals surface area contributed by atoms with E-state index in [4.69, 9.17) is 0 Å². The van der Waals surface area contributed by atoms with Crippen LogP contribution in [0.2, 0.25) is 0 Å². The maximum atomic E-state index is 2.53. The highest BCUT2D eigenvalue weighted by Gasteiger charge is 2.52. The molecule has 12 aromatic rings. The Morgan fingerprint density at radius 2 is 0.712 bits per heavy atom. The molecule has 73 heavy (non-hydrogen) atoms. The number of hydrogen-bond donors (Lipinski definition) is 0. The van der Waals surface area contributed by atoms with Gasteiger partial charge in [-0.3, -0.25) is 0 Å². The van der Waals surface area contributed by atoms with Crippen molar-refractivity contribution in [2.75, 3.05) is 9.80 Å². The molecule has 0 unspecified atom stereocenters. The van der Waals surface area contributed by atoms with E-state index in [0.717, 1.165) is 28.3 Å². The van der Waals surface area contributed by atoms with Crippen molar-refractivity contribution >= 4 is 44.9 Å². The first kappa shape index (κ1) is 42.4. The average Bonchev–Trinajstić information content (AvgIpc) is 3.84. The summed E-state index contributed by atoms with van der Waals surface area (Å²) in [4.78, 5) is 4.98. The largest absolute Gasteiger partial charge is 0.310 e. The number of benzene rings is 12. The van der Waals surface area contributed by atoms with Crippen molar-refractivity contribution in [2.45, 2.75) is 5.41 Å². The summed E-state index contributed by atoms with van der Waals surface area (Å²) in [6.07, 6.45) is 0. The molecule has 12 aromatic carbocycles. The molecule has 2 aliphatic rings. The van der Waals surface area contributed by atoms with Gasteiger partial charge in [0.25, 0.3) is 0 Å². The lowest BCUT2D eigenvalue weighted by atomic mass is 9.64. The van der Waals surface area contributed by atoms with Gasteiger partial charge in [-0.15, -0.1) is 0 Å². The van der Waals surface area contributed by atoms with Crippen LogP contribution in [0.15, 0.2) is 291 Å². The highest BCUT2D eigenvalue weighted by atomic mass is 15.2. The number of hydrogen-bond acceptors (Lipinski definition) is 2. The van der Waals surface area contributed by atoms with E-state index in [2.05, 4.69) is 301 Å². The smallest absolute Gasteiger partial charge is 0.0755 e. The van der Waals surface area contributed by atoms with Crippen LogP contribution >= 0.6 is 0 Å². The minimum atomic E-state index is -0.609. The second-order valence-electron chi connectivity index (χ2n) is 19.1. The summed E-state index contributed by atoms with van der Waals surface area (Å²) in [5.74, 6) is 0. The summed E-state index contributed by atoms with van der Waals surface area (Å²) < 4.78 is 0. The van der Waals surface area contributed by atoms with Crippen LogP contribution in [-0.2, 0) is 5.41 Å². The third kappa shape index (κ3) is 6.72. The van der Waals surface area contributed by atoms with Crippen molar-refractivity contribution in [3.63, 3.8) is 0 Å². The fourth-order valence-corrected chi connectivity index (χ4v) is 12.2. The minimum absolute atomic E-state index is 0.609. The van der Waals surface area contributed by atoms with Crippen LogP contribution in [0.4, 0.5) is 34.1 Å². The van der Waals surface area contributed by atoms with Crippen LogP contribution in [0.1, 0.15) is 22.3 Å². The first-order chi connectivity index (χ1) is 36.3. The number of fused-ring (bicyclic) bond motifs is 10. The fraction of sp³-hybridized carbons (Fsp3) is 0.0141. The molecule has 1 heterocycles. The quantitative estimate of drug-likeness (QED) is 0.150. The maximum Gasteiger partial charge on any atom is 0.0755 e. The molecule has 14 rings (SSSR count). The van der Waals surface area contributed by atoms with Crippen LogP contribution in [0, 0.1) is 0 Å². The Labute approximate surface area is 427 Å². The van der Waals surface area contributed by atoms with Gasteiger partial charge in [-0.25, -0.2) is 0 Å². The predicted octanol–water partition coefficient (Wildman–Crippen LogP) is 19.1. The van der Waals surface area contributed by atoms with Gasteiger partial charge in [-0.2, -0.15) is 0 Å². The SMILES string of the molecule is c1ccc(-c2ccc(-c3ccc(N(c4ccccc4-c4ccccc4-c4cccc5ccccc45)c4cccc5c4-c4ccccc4C54c5ccccc5N(c5ccccc5)c5ccccc54)cc3)cc2)cc1. The second-order valence-corrected chi connectivity index (χ2v) is 19.1. The van der Waals surface area contributed by atoms with Crippen molar-refractivity contribution in [3.05, 3.63) is 313 Å². The second kappa shape index (κ2) is 17.4. The minimum Gasteiger partial charge on any atom is -0.310 e. The van der Waals surface area contributed by atoms with E-state index >= 15 is 0 Å². The molecule has 0 radical (unpaired) electrons. The summed E-state index contributed by atoms with van der Waals surface area (Å²) in [7, 11) is 0.